The van der Waals surface area contributed by atoms with E-state index in [1.807, 2.05) is 26.0 Å². The summed E-state index contributed by atoms with van der Waals surface area (Å²) in [4.78, 5) is 12.7. The number of anilines is 2. The van der Waals surface area contributed by atoms with Gasteiger partial charge in [0.1, 0.15) is 5.75 Å². The fraction of sp³-hybridized carbons (Fsp3) is 0.136. The van der Waals surface area contributed by atoms with Gasteiger partial charge in [0.25, 0.3) is 15.9 Å². The summed E-state index contributed by atoms with van der Waals surface area (Å²) in [5.41, 5.74) is 2.14. The largest absolute Gasteiger partial charge is 0.492 e. The zero-order valence-electron chi connectivity index (χ0n) is 16.2. The molecule has 3 rings (SSSR count). The minimum atomic E-state index is -3.83. The Morgan fingerprint density at radius 2 is 1.72 bits per heavy atom. The van der Waals surface area contributed by atoms with Crippen molar-refractivity contribution in [3.05, 3.63) is 83.9 Å². The van der Waals surface area contributed by atoms with Crippen molar-refractivity contribution in [3.63, 3.8) is 0 Å². The molecule has 0 unspecified atom stereocenters. The second-order valence-electron chi connectivity index (χ2n) is 6.39. The van der Waals surface area contributed by atoms with Crippen LogP contribution in [0.3, 0.4) is 0 Å². The fourth-order valence-corrected chi connectivity index (χ4v) is 3.87. The van der Waals surface area contributed by atoms with E-state index in [0.29, 0.717) is 23.7 Å². The first-order valence-corrected chi connectivity index (χ1v) is 10.6. The summed E-state index contributed by atoms with van der Waals surface area (Å²) in [6.45, 7) is 4.20. The van der Waals surface area contributed by atoms with Gasteiger partial charge in [-0.3, -0.25) is 9.52 Å². The van der Waals surface area contributed by atoms with Crippen LogP contribution in [0.5, 0.6) is 5.75 Å². The Balaban J connectivity index is 1.82. The molecule has 150 valence electrons. The highest BCUT2D eigenvalue weighted by Gasteiger charge is 2.17. The van der Waals surface area contributed by atoms with E-state index in [-0.39, 0.29) is 10.5 Å². The number of carbonyl (C=O) groups is 1. The zero-order chi connectivity index (χ0) is 20.9. The highest BCUT2D eigenvalue weighted by atomic mass is 32.2. The van der Waals surface area contributed by atoms with Crippen LogP contribution in [0.25, 0.3) is 0 Å². The van der Waals surface area contributed by atoms with Gasteiger partial charge in [-0.1, -0.05) is 30.3 Å². The van der Waals surface area contributed by atoms with Crippen LogP contribution in [0.1, 0.15) is 22.8 Å². The Labute approximate surface area is 170 Å². The molecule has 0 bridgehead atoms. The molecule has 2 N–H and O–H groups in total. The smallest absolute Gasteiger partial charge is 0.261 e. The van der Waals surface area contributed by atoms with Gasteiger partial charge in [0.15, 0.2) is 0 Å². The minimum absolute atomic E-state index is 0.00440. The first-order chi connectivity index (χ1) is 13.9. The molecule has 7 heteroatoms. The maximum Gasteiger partial charge on any atom is 0.261 e. The first kappa shape index (κ1) is 20.4. The number of amides is 1. The van der Waals surface area contributed by atoms with Gasteiger partial charge in [-0.25, -0.2) is 8.42 Å². The van der Waals surface area contributed by atoms with Gasteiger partial charge in [-0.05, 0) is 61.9 Å². The van der Waals surface area contributed by atoms with E-state index < -0.39 is 15.9 Å². The summed E-state index contributed by atoms with van der Waals surface area (Å²) in [7, 11) is -3.83. The Morgan fingerprint density at radius 3 is 2.48 bits per heavy atom. The van der Waals surface area contributed by atoms with Gasteiger partial charge in [0.05, 0.1) is 17.2 Å². The summed E-state index contributed by atoms with van der Waals surface area (Å²) in [5, 5.41) is 2.77. The van der Waals surface area contributed by atoms with Crippen molar-refractivity contribution in [1.29, 1.82) is 0 Å². The fourth-order valence-electron chi connectivity index (χ4n) is 2.77. The Kier molecular flexibility index (Phi) is 6.19. The third-order valence-corrected chi connectivity index (χ3v) is 5.49. The van der Waals surface area contributed by atoms with Crippen LogP contribution in [0, 0.1) is 6.92 Å². The number of hydrogen-bond donors (Lipinski definition) is 2. The average Bonchev–Trinajstić information content (AvgIpc) is 2.69. The number of nitrogens with one attached hydrogen (secondary N) is 2. The molecule has 0 fully saturated rings. The summed E-state index contributed by atoms with van der Waals surface area (Å²) < 4.78 is 33.5. The number of para-hydroxylation sites is 2. The second kappa shape index (κ2) is 8.79. The van der Waals surface area contributed by atoms with E-state index in [1.165, 1.54) is 18.2 Å². The summed E-state index contributed by atoms with van der Waals surface area (Å²) in [5.74, 6) is 0.123. The SMILES string of the molecule is CCOc1ccccc1NC(=O)c1cccc(S(=O)(=O)Nc2cccc(C)c2)c1. The van der Waals surface area contributed by atoms with Gasteiger partial charge in [-0.15, -0.1) is 0 Å². The molecule has 3 aromatic rings. The molecule has 1 amide bonds. The minimum Gasteiger partial charge on any atom is -0.492 e. The molecule has 29 heavy (non-hydrogen) atoms. The monoisotopic (exact) mass is 410 g/mol. The van der Waals surface area contributed by atoms with Crippen LogP contribution in [-0.2, 0) is 10.0 Å². The summed E-state index contributed by atoms with van der Waals surface area (Å²) in [6.07, 6.45) is 0. The number of sulfonamides is 1. The number of ether oxygens (including phenoxy) is 1. The number of aryl methyl sites for hydroxylation is 1. The second-order valence-corrected chi connectivity index (χ2v) is 8.07. The molecule has 0 radical (unpaired) electrons. The molecule has 0 saturated heterocycles. The topological polar surface area (TPSA) is 84.5 Å². The molecule has 0 aromatic heterocycles. The van der Waals surface area contributed by atoms with Gasteiger partial charge < -0.3 is 10.1 Å². The van der Waals surface area contributed by atoms with Crippen LogP contribution < -0.4 is 14.8 Å². The maximum atomic E-state index is 12.7. The van der Waals surface area contributed by atoms with Crippen molar-refractivity contribution >= 4 is 27.3 Å². The lowest BCUT2D eigenvalue weighted by atomic mass is 10.2. The van der Waals surface area contributed by atoms with Crippen LogP contribution in [-0.4, -0.2) is 20.9 Å². The first-order valence-electron chi connectivity index (χ1n) is 9.12. The van der Waals surface area contributed by atoms with E-state index in [2.05, 4.69) is 10.0 Å². The Morgan fingerprint density at radius 1 is 0.966 bits per heavy atom. The maximum absolute atomic E-state index is 12.7. The number of carbonyl (C=O) groups excluding carboxylic acids is 1. The molecule has 0 aliphatic rings. The number of benzene rings is 3. The van der Waals surface area contributed by atoms with Crippen LogP contribution >= 0.6 is 0 Å². The van der Waals surface area contributed by atoms with Crippen molar-refractivity contribution in [3.8, 4) is 5.75 Å². The molecule has 0 aliphatic carbocycles. The lowest BCUT2D eigenvalue weighted by Crippen LogP contribution is -2.16. The summed E-state index contributed by atoms with van der Waals surface area (Å²) >= 11 is 0. The van der Waals surface area contributed by atoms with E-state index >= 15 is 0 Å². The molecule has 0 heterocycles. The molecule has 3 aromatic carbocycles. The highest BCUT2D eigenvalue weighted by molar-refractivity contribution is 7.92. The lowest BCUT2D eigenvalue weighted by Gasteiger charge is -2.12. The van der Waals surface area contributed by atoms with E-state index in [4.69, 9.17) is 4.74 Å². The average molecular weight is 410 g/mol. The number of hydrogen-bond acceptors (Lipinski definition) is 4. The summed E-state index contributed by atoms with van der Waals surface area (Å²) in [6, 6.07) is 20.0. The lowest BCUT2D eigenvalue weighted by molar-refractivity contribution is 0.102. The molecular weight excluding hydrogens is 388 g/mol. The highest BCUT2D eigenvalue weighted by Crippen LogP contribution is 2.25. The quantitative estimate of drug-likeness (QED) is 0.603. The van der Waals surface area contributed by atoms with Gasteiger partial charge >= 0.3 is 0 Å². The van der Waals surface area contributed by atoms with Crippen LogP contribution in [0.4, 0.5) is 11.4 Å². The molecular formula is C22H22N2O4S. The normalized spacial score (nSPS) is 11.0. The van der Waals surface area contributed by atoms with Crippen LogP contribution in [0.15, 0.2) is 77.7 Å². The van der Waals surface area contributed by atoms with Crippen LogP contribution in [0.2, 0.25) is 0 Å². The van der Waals surface area contributed by atoms with E-state index in [0.717, 1.165) is 5.56 Å². The Hall–Kier alpha value is -3.32. The standard InChI is InChI=1S/C22H22N2O4S/c1-3-28-21-13-5-4-12-20(21)23-22(25)17-9-7-11-19(15-17)29(26,27)24-18-10-6-8-16(2)14-18/h4-15,24H,3H2,1-2H3,(H,23,25). The van der Waals surface area contributed by atoms with Crippen molar-refractivity contribution in [2.75, 3.05) is 16.6 Å². The molecule has 0 aliphatic heterocycles. The molecule has 0 atom stereocenters. The van der Waals surface area contributed by atoms with Crippen molar-refractivity contribution in [2.45, 2.75) is 18.7 Å². The van der Waals surface area contributed by atoms with Crippen molar-refractivity contribution < 1.29 is 17.9 Å². The van der Waals surface area contributed by atoms with Gasteiger partial charge in [0, 0.05) is 11.3 Å². The van der Waals surface area contributed by atoms with Gasteiger partial charge in [-0.2, -0.15) is 0 Å². The Bertz CT molecular complexity index is 1130. The van der Waals surface area contributed by atoms with Gasteiger partial charge in [0.2, 0.25) is 0 Å². The molecule has 0 spiro atoms. The molecule has 6 nitrogen and oxygen atoms in total. The van der Waals surface area contributed by atoms with Crippen molar-refractivity contribution in [1.82, 2.24) is 0 Å². The predicted octanol–water partition coefficient (Wildman–Crippen LogP) is 4.45. The predicted molar refractivity (Wildman–Crippen MR) is 114 cm³/mol. The van der Waals surface area contributed by atoms with Crippen molar-refractivity contribution in [2.24, 2.45) is 0 Å². The van der Waals surface area contributed by atoms with E-state index in [9.17, 15) is 13.2 Å². The molecule has 0 saturated carbocycles. The van der Waals surface area contributed by atoms with E-state index in [1.54, 1.807) is 42.5 Å². The third-order valence-electron chi connectivity index (χ3n) is 4.11. The third kappa shape index (κ3) is 5.14. The zero-order valence-corrected chi connectivity index (χ0v) is 17.0. The number of rotatable bonds is 7.